The molecule has 5 atom stereocenters. The van der Waals surface area contributed by atoms with Crippen molar-refractivity contribution in [1.29, 1.82) is 0 Å². The zero-order valence-corrected chi connectivity index (χ0v) is 12.3. The van der Waals surface area contributed by atoms with Crippen LogP contribution in [0.5, 0.6) is 0 Å². The fourth-order valence-corrected chi connectivity index (χ4v) is 3.57. The highest BCUT2D eigenvalue weighted by Crippen LogP contribution is 2.47. The van der Waals surface area contributed by atoms with E-state index in [-0.39, 0.29) is 23.5 Å². The Hall–Kier alpha value is -1.63. The van der Waals surface area contributed by atoms with Gasteiger partial charge in [0, 0.05) is 12.3 Å². The monoisotopic (exact) mass is 284 g/mol. The van der Waals surface area contributed by atoms with Crippen molar-refractivity contribution < 1.29 is 15.0 Å². The third-order valence-electron chi connectivity index (χ3n) is 4.85. The van der Waals surface area contributed by atoms with Crippen LogP contribution in [0.15, 0.2) is 18.2 Å². The van der Waals surface area contributed by atoms with E-state index in [0.29, 0.717) is 12.8 Å². The van der Waals surface area contributed by atoms with Gasteiger partial charge in [-0.2, -0.15) is 0 Å². The van der Waals surface area contributed by atoms with Crippen molar-refractivity contribution >= 4 is 5.78 Å². The topological polar surface area (TPSA) is 57.5 Å². The number of rotatable bonds is 1. The first kappa shape index (κ1) is 14.3. The second-order valence-corrected chi connectivity index (χ2v) is 6.32. The molecule has 3 rings (SSSR count). The highest BCUT2D eigenvalue weighted by Gasteiger charge is 2.52. The van der Waals surface area contributed by atoms with Gasteiger partial charge in [-0.3, -0.25) is 4.79 Å². The van der Waals surface area contributed by atoms with Crippen molar-refractivity contribution in [1.82, 2.24) is 0 Å². The van der Waals surface area contributed by atoms with Crippen molar-refractivity contribution in [3.8, 4) is 11.8 Å². The summed E-state index contributed by atoms with van der Waals surface area (Å²) in [6, 6.07) is 5.87. The van der Waals surface area contributed by atoms with Gasteiger partial charge in [-0.1, -0.05) is 35.6 Å². The van der Waals surface area contributed by atoms with E-state index in [0.717, 1.165) is 16.7 Å². The van der Waals surface area contributed by atoms with Crippen molar-refractivity contribution in [3.63, 3.8) is 0 Å². The molecular weight excluding hydrogens is 264 g/mol. The molecule has 0 amide bonds. The first-order valence-electron chi connectivity index (χ1n) is 7.44. The first-order valence-corrected chi connectivity index (χ1v) is 7.44. The summed E-state index contributed by atoms with van der Waals surface area (Å²) in [5.41, 5.74) is 2.97. The third kappa shape index (κ3) is 2.50. The van der Waals surface area contributed by atoms with E-state index >= 15 is 0 Å². The van der Waals surface area contributed by atoms with Crippen LogP contribution in [0, 0.1) is 43.4 Å². The minimum absolute atomic E-state index is 0.00226. The Bertz CT molecular complexity index is 638. The Morgan fingerprint density at radius 2 is 2.10 bits per heavy atom. The smallest absolute Gasteiger partial charge is 0.140 e. The van der Waals surface area contributed by atoms with Crippen molar-refractivity contribution in [3.05, 3.63) is 34.9 Å². The average Bonchev–Trinajstić information content (AvgIpc) is 2.68. The average molecular weight is 284 g/mol. The zero-order chi connectivity index (χ0) is 15.1. The summed E-state index contributed by atoms with van der Waals surface area (Å²) in [6.45, 7) is 3.97. The molecule has 2 fully saturated rings. The highest BCUT2D eigenvalue weighted by atomic mass is 16.3. The van der Waals surface area contributed by atoms with Gasteiger partial charge in [0.1, 0.15) is 11.9 Å². The largest absolute Gasteiger partial charge is 0.392 e. The number of aliphatic hydroxyl groups excluding tert-OH is 2. The van der Waals surface area contributed by atoms with Gasteiger partial charge in [-0.05, 0) is 37.3 Å². The molecule has 0 radical (unpaired) electrons. The quantitative estimate of drug-likeness (QED) is 0.775. The SMILES string of the molecule is Cc1ccc(C(O)C#CC2C(O)CC3C(=O)CC32)c(C)c1. The van der Waals surface area contributed by atoms with Crippen molar-refractivity contribution in [2.75, 3.05) is 0 Å². The molecule has 0 bridgehead atoms. The number of Topliss-reactive ketones (excluding diaryl/α,β-unsaturated/α-hetero) is 1. The number of hydrogen-bond acceptors (Lipinski definition) is 3. The number of carbonyl (C=O) groups excluding carboxylic acids is 1. The number of hydrogen-bond donors (Lipinski definition) is 2. The summed E-state index contributed by atoms with van der Waals surface area (Å²) >= 11 is 0. The van der Waals surface area contributed by atoms with E-state index in [4.69, 9.17) is 0 Å². The van der Waals surface area contributed by atoms with Crippen molar-refractivity contribution in [2.24, 2.45) is 17.8 Å². The molecule has 2 aliphatic carbocycles. The van der Waals surface area contributed by atoms with E-state index in [9.17, 15) is 15.0 Å². The van der Waals surface area contributed by atoms with Crippen LogP contribution < -0.4 is 0 Å². The first-order chi connectivity index (χ1) is 9.97. The molecule has 3 heteroatoms. The predicted octanol–water partition coefficient (Wildman–Crippen LogP) is 1.93. The second kappa shape index (κ2) is 5.29. The van der Waals surface area contributed by atoms with E-state index in [1.807, 2.05) is 32.0 Å². The number of aliphatic hydroxyl groups is 2. The number of carbonyl (C=O) groups is 1. The van der Waals surface area contributed by atoms with E-state index in [1.165, 1.54) is 0 Å². The molecule has 0 saturated heterocycles. The molecule has 1 aromatic rings. The molecule has 0 spiro atoms. The van der Waals surface area contributed by atoms with Crippen LogP contribution in [0.2, 0.25) is 0 Å². The lowest BCUT2D eigenvalue weighted by Crippen LogP contribution is -2.35. The molecule has 3 nitrogen and oxygen atoms in total. The van der Waals surface area contributed by atoms with Crippen LogP contribution in [0.25, 0.3) is 0 Å². The zero-order valence-electron chi connectivity index (χ0n) is 12.3. The van der Waals surface area contributed by atoms with Crippen LogP contribution in [0.1, 0.15) is 35.6 Å². The van der Waals surface area contributed by atoms with E-state index < -0.39 is 12.2 Å². The number of ketones is 1. The van der Waals surface area contributed by atoms with Gasteiger partial charge in [0.05, 0.1) is 12.0 Å². The summed E-state index contributed by atoms with van der Waals surface area (Å²) in [4.78, 5) is 11.4. The molecule has 2 saturated carbocycles. The Morgan fingerprint density at radius 3 is 2.71 bits per heavy atom. The molecule has 1 aromatic carbocycles. The fraction of sp³-hybridized carbons (Fsp3) is 0.500. The minimum atomic E-state index is -0.840. The Balaban J connectivity index is 1.76. The van der Waals surface area contributed by atoms with Gasteiger partial charge in [-0.15, -0.1) is 0 Å². The van der Waals surface area contributed by atoms with Crippen LogP contribution >= 0.6 is 0 Å². The van der Waals surface area contributed by atoms with Gasteiger partial charge in [-0.25, -0.2) is 0 Å². The maximum Gasteiger partial charge on any atom is 0.140 e. The molecule has 2 aliphatic rings. The molecule has 2 N–H and O–H groups in total. The molecule has 0 aliphatic heterocycles. The Kier molecular flexibility index (Phi) is 3.61. The fourth-order valence-electron chi connectivity index (χ4n) is 3.57. The van der Waals surface area contributed by atoms with Crippen LogP contribution in [-0.2, 0) is 4.79 Å². The van der Waals surface area contributed by atoms with Crippen LogP contribution in [0.4, 0.5) is 0 Å². The lowest BCUT2D eigenvalue weighted by molar-refractivity contribution is -0.133. The molecule has 110 valence electrons. The molecule has 0 heterocycles. The van der Waals surface area contributed by atoms with Gasteiger partial charge < -0.3 is 10.2 Å². The minimum Gasteiger partial charge on any atom is -0.392 e. The van der Waals surface area contributed by atoms with Gasteiger partial charge in [0.15, 0.2) is 0 Å². The second-order valence-electron chi connectivity index (χ2n) is 6.32. The van der Waals surface area contributed by atoms with Crippen LogP contribution in [-0.4, -0.2) is 22.1 Å². The van der Waals surface area contributed by atoms with Gasteiger partial charge >= 0.3 is 0 Å². The Morgan fingerprint density at radius 1 is 1.33 bits per heavy atom. The summed E-state index contributed by atoms with van der Waals surface area (Å²) in [5, 5.41) is 20.3. The lowest BCUT2D eigenvalue weighted by atomic mass is 9.71. The van der Waals surface area contributed by atoms with Crippen molar-refractivity contribution in [2.45, 2.75) is 38.9 Å². The maximum absolute atomic E-state index is 11.4. The summed E-state index contributed by atoms with van der Waals surface area (Å²) in [5.74, 6) is 6.15. The van der Waals surface area contributed by atoms with E-state index in [2.05, 4.69) is 11.8 Å². The summed E-state index contributed by atoms with van der Waals surface area (Å²) < 4.78 is 0. The summed E-state index contributed by atoms with van der Waals surface area (Å²) in [7, 11) is 0. The number of benzene rings is 1. The Labute approximate surface area is 125 Å². The maximum atomic E-state index is 11.4. The third-order valence-corrected chi connectivity index (χ3v) is 4.85. The van der Waals surface area contributed by atoms with E-state index in [1.54, 1.807) is 0 Å². The standard InChI is InChI=1S/C18H20O3/c1-10-3-4-12(11(2)7-10)16(19)6-5-13-14-8-18(21)15(14)9-17(13)20/h3-4,7,13-17,19-20H,8-9H2,1-2H3. The molecule has 0 aromatic heterocycles. The highest BCUT2D eigenvalue weighted by molar-refractivity contribution is 5.88. The molecule has 21 heavy (non-hydrogen) atoms. The normalized spacial score (nSPS) is 31.9. The number of fused-ring (bicyclic) bond motifs is 1. The van der Waals surface area contributed by atoms with Crippen LogP contribution in [0.3, 0.4) is 0 Å². The van der Waals surface area contributed by atoms with Gasteiger partial charge in [0.2, 0.25) is 0 Å². The summed E-state index contributed by atoms with van der Waals surface area (Å²) in [6.07, 6.45) is -0.318. The predicted molar refractivity (Wildman–Crippen MR) is 79.4 cm³/mol. The number of aryl methyl sites for hydroxylation is 2. The van der Waals surface area contributed by atoms with Gasteiger partial charge in [0.25, 0.3) is 0 Å². The molecular formula is C18H20O3. The molecule has 5 unspecified atom stereocenters. The lowest BCUT2D eigenvalue weighted by Gasteiger charge is -2.30.